The molecule has 1 aliphatic heterocycles. The molecule has 2 aromatic rings. The van der Waals surface area contributed by atoms with Gasteiger partial charge in [0.05, 0.1) is 5.69 Å². The van der Waals surface area contributed by atoms with Gasteiger partial charge in [0.15, 0.2) is 0 Å². The van der Waals surface area contributed by atoms with Gasteiger partial charge in [-0.25, -0.2) is 14.6 Å². The van der Waals surface area contributed by atoms with Crippen molar-refractivity contribution < 1.29 is 19.1 Å². The van der Waals surface area contributed by atoms with Gasteiger partial charge in [-0.1, -0.05) is 12.1 Å². The average Bonchev–Trinajstić information content (AvgIpc) is 3.07. The maximum Gasteiger partial charge on any atom is 0.411 e. The third-order valence-corrected chi connectivity index (χ3v) is 5.82. The van der Waals surface area contributed by atoms with E-state index in [1.807, 2.05) is 50.4 Å². The summed E-state index contributed by atoms with van der Waals surface area (Å²) in [6, 6.07) is 7.46. The van der Waals surface area contributed by atoms with E-state index in [1.165, 1.54) is 11.3 Å². The molecule has 0 aliphatic carbocycles. The summed E-state index contributed by atoms with van der Waals surface area (Å²) in [7, 11) is 0. The lowest BCUT2D eigenvalue weighted by molar-refractivity contribution is 0.00794. The Balaban J connectivity index is 1.53. The van der Waals surface area contributed by atoms with Crippen molar-refractivity contribution in [2.45, 2.75) is 45.3 Å². The molecule has 3 rings (SSSR count). The number of ether oxygens (including phenoxy) is 2. The fourth-order valence-corrected chi connectivity index (χ4v) is 4.22. The lowest BCUT2D eigenvalue weighted by Gasteiger charge is -2.33. The van der Waals surface area contributed by atoms with Crippen molar-refractivity contribution in [1.82, 2.24) is 9.88 Å². The van der Waals surface area contributed by atoms with E-state index in [9.17, 15) is 9.59 Å². The van der Waals surface area contributed by atoms with E-state index in [4.69, 9.17) is 9.47 Å². The van der Waals surface area contributed by atoms with Crippen molar-refractivity contribution >= 4 is 45.1 Å². The first-order valence-corrected chi connectivity index (χ1v) is 11.0. The molecule has 0 radical (unpaired) electrons. The van der Waals surface area contributed by atoms with Gasteiger partial charge in [0.1, 0.15) is 21.3 Å². The number of piperidine rings is 1. The molecule has 2 heterocycles. The molecule has 1 aromatic heterocycles. The van der Waals surface area contributed by atoms with Crippen LogP contribution in [0.25, 0.3) is 10.6 Å². The number of nitrogens with one attached hydrogen (secondary N) is 1. The minimum Gasteiger partial charge on any atom is -0.446 e. The Morgan fingerprint density at radius 3 is 2.55 bits per heavy atom. The minimum absolute atomic E-state index is 0.241. The quantitative estimate of drug-likeness (QED) is 0.623. The van der Waals surface area contributed by atoms with Crippen LogP contribution in [0.5, 0.6) is 0 Å². The average molecular weight is 482 g/mol. The van der Waals surface area contributed by atoms with Crippen LogP contribution in [0.15, 0.2) is 34.2 Å². The molecule has 0 spiro atoms. The standard InChI is InChI=1S/C20H24BrN3O4S/c1-20(2,3)28-19(26)24-10-8-13(9-11-24)27-18(25)22-15-7-5-4-6-14(15)17-23-16(21)12-29-17/h4-7,12-13H,8-11H2,1-3H3,(H,22,25). The highest BCUT2D eigenvalue weighted by molar-refractivity contribution is 9.10. The SMILES string of the molecule is CC(C)(C)OC(=O)N1CCC(OC(=O)Nc2ccccc2-c2nc(Br)cs2)CC1. The molecule has 1 saturated heterocycles. The van der Waals surface area contributed by atoms with E-state index in [0.29, 0.717) is 31.6 Å². The Hall–Kier alpha value is -2.13. The van der Waals surface area contributed by atoms with Crippen LogP contribution in [0.3, 0.4) is 0 Å². The highest BCUT2D eigenvalue weighted by Crippen LogP contribution is 2.32. The molecule has 1 aromatic carbocycles. The second-order valence-corrected chi connectivity index (χ2v) is 9.39. The molecule has 156 valence electrons. The lowest BCUT2D eigenvalue weighted by atomic mass is 10.1. The van der Waals surface area contributed by atoms with E-state index >= 15 is 0 Å². The zero-order chi connectivity index (χ0) is 21.0. The number of carbonyl (C=O) groups is 2. The molecule has 2 amide bonds. The van der Waals surface area contributed by atoms with Crippen LogP contribution in [-0.2, 0) is 9.47 Å². The molecule has 1 fully saturated rings. The Kier molecular flexibility index (Phi) is 6.79. The van der Waals surface area contributed by atoms with Crippen LogP contribution in [-0.4, -0.2) is 46.9 Å². The fraction of sp³-hybridized carbons (Fsp3) is 0.450. The van der Waals surface area contributed by atoms with Crippen molar-refractivity contribution in [2.24, 2.45) is 0 Å². The molecule has 0 saturated carbocycles. The second kappa shape index (κ2) is 9.13. The van der Waals surface area contributed by atoms with Crippen LogP contribution < -0.4 is 5.32 Å². The van der Waals surface area contributed by atoms with Gasteiger partial charge in [0, 0.05) is 36.9 Å². The van der Waals surface area contributed by atoms with Crippen LogP contribution in [0.2, 0.25) is 0 Å². The number of benzene rings is 1. The number of amides is 2. The number of hydrogen-bond acceptors (Lipinski definition) is 6. The van der Waals surface area contributed by atoms with E-state index in [0.717, 1.165) is 15.2 Å². The number of carbonyl (C=O) groups excluding carboxylic acids is 2. The van der Waals surface area contributed by atoms with Gasteiger partial charge in [-0.2, -0.15) is 0 Å². The maximum atomic E-state index is 12.4. The molecular weight excluding hydrogens is 458 g/mol. The number of halogens is 1. The number of hydrogen-bond donors (Lipinski definition) is 1. The predicted molar refractivity (Wildman–Crippen MR) is 116 cm³/mol. The number of nitrogens with zero attached hydrogens (tertiary/aromatic N) is 2. The summed E-state index contributed by atoms with van der Waals surface area (Å²) in [6.07, 6.45) is 0.0733. The summed E-state index contributed by atoms with van der Waals surface area (Å²) in [5, 5.41) is 5.51. The van der Waals surface area contributed by atoms with Crippen LogP contribution in [0.4, 0.5) is 15.3 Å². The first-order chi connectivity index (χ1) is 13.7. The van der Waals surface area contributed by atoms with E-state index < -0.39 is 11.7 Å². The Bertz CT molecular complexity index is 873. The van der Waals surface area contributed by atoms with Crippen LogP contribution >= 0.6 is 27.3 Å². The van der Waals surface area contributed by atoms with Crippen LogP contribution in [0.1, 0.15) is 33.6 Å². The summed E-state index contributed by atoms with van der Waals surface area (Å²) >= 11 is 4.84. The van der Waals surface area contributed by atoms with E-state index in [2.05, 4.69) is 26.2 Å². The number of thiazole rings is 1. The van der Waals surface area contributed by atoms with Gasteiger partial charge >= 0.3 is 12.2 Å². The maximum absolute atomic E-state index is 12.4. The number of aromatic nitrogens is 1. The molecule has 29 heavy (non-hydrogen) atoms. The summed E-state index contributed by atoms with van der Waals surface area (Å²) < 4.78 is 11.7. The van der Waals surface area contributed by atoms with Gasteiger partial charge in [-0.3, -0.25) is 5.32 Å². The zero-order valence-corrected chi connectivity index (χ0v) is 19.0. The van der Waals surface area contributed by atoms with E-state index in [1.54, 1.807) is 4.90 Å². The van der Waals surface area contributed by atoms with Crippen molar-refractivity contribution in [3.63, 3.8) is 0 Å². The summed E-state index contributed by atoms with van der Waals surface area (Å²) in [6.45, 7) is 6.52. The molecule has 0 atom stereocenters. The summed E-state index contributed by atoms with van der Waals surface area (Å²) in [4.78, 5) is 30.6. The lowest BCUT2D eigenvalue weighted by Crippen LogP contribution is -2.44. The molecule has 1 N–H and O–H groups in total. The predicted octanol–water partition coefficient (Wildman–Crippen LogP) is 5.52. The summed E-state index contributed by atoms with van der Waals surface area (Å²) in [5.74, 6) is 0. The van der Waals surface area contributed by atoms with Gasteiger partial charge in [-0.05, 0) is 48.8 Å². The van der Waals surface area contributed by atoms with Crippen molar-refractivity contribution in [2.75, 3.05) is 18.4 Å². The second-order valence-electron chi connectivity index (χ2n) is 7.72. The molecule has 0 unspecified atom stereocenters. The fourth-order valence-electron chi connectivity index (χ4n) is 2.93. The third kappa shape index (κ3) is 6.17. The van der Waals surface area contributed by atoms with Gasteiger partial charge in [-0.15, -0.1) is 11.3 Å². The van der Waals surface area contributed by atoms with Crippen LogP contribution in [0, 0.1) is 0 Å². The van der Waals surface area contributed by atoms with E-state index in [-0.39, 0.29) is 12.2 Å². The van der Waals surface area contributed by atoms with Crippen molar-refractivity contribution in [3.05, 3.63) is 34.2 Å². The third-order valence-electron chi connectivity index (χ3n) is 4.24. The highest BCUT2D eigenvalue weighted by Gasteiger charge is 2.28. The molecule has 0 bridgehead atoms. The van der Waals surface area contributed by atoms with Gasteiger partial charge in [0.25, 0.3) is 0 Å². The normalized spacial score (nSPS) is 15.1. The van der Waals surface area contributed by atoms with Crippen molar-refractivity contribution in [1.29, 1.82) is 0 Å². The highest BCUT2D eigenvalue weighted by atomic mass is 79.9. The first-order valence-electron chi connectivity index (χ1n) is 9.37. The minimum atomic E-state index is -0.523. The molecule has 7 nitrogen and oxygen atoms in total. The largest absolute Gasteiger partial charge is 0.446 e. The zero-order valence-electron chi connectivity index (χ0n) is 16.6. The number of para-hydroxylation sites is 1. The monoisotopic (exact) mass is 481 g/mol. The smallest absolute Gasteiger partial charge is 0.411 e. The van der Waals surface area contributed by atoms with Gasteiger partial charge in [0.2, 0.25) is 0 Å². The number of likely N-dealkylation sites (tertiary alicyclic amines) is 1. The molecule has 9 heteroatoms. The number of rotatable bonds is 3. The topological polar surface area (TPSA) is 80.8 Å². The van der Waals surface area contributed by atoms with Gasteiger partial charge < -0.3 is 14.4 Å². The molecular formula is C20H24BrN3O4S. The Morgan fingerprint density at radius 2 is 1.93 bits per heavy atom. The molecule has 1 aliphatic rings. The van der Waals surface area contributed by atoms with Crippen molar-refractivity contribution in [3.8, 4) is 10.6 Å². The number of anilines is 1. The first kappa shape index (κ1) is 21.6. The Labute approximate surface area is 182 Å². The summed E-state index contributed by atoms with van der Waals surface area (Å²) in [5.41, 5.74) is 0.954. The Morgan fingerprint density at radius 1 is 1.24 bits per heavy atom.